The third-order valence-corrected chi connectivity index (χ3v) is 4.71. The van der Waals surface area contributed by atoms with E-state index < -0.39 is 11.9 Å². The summed E-state index contributed by atoms with van der Waals surface area (Å²) in [5, 5.41) is 12.3. The Balaban J connectivity index is 1.68. The molecule has 0 radical (unpaired) electrons. The van der Waals surface area contributed by atoms with Crippen molar-refractivity contribution in [3.05, 3.63) is 30.1 Å². The molecule has 3 atom stereocenters. The van der Waals surface area contributed by atoms with Gasteiger partial charge in [0, 0.05) is 25.5 Å². The van der Waals surface area contributed by atoms with Crippen LogP contribution in [0.1, 0.15) is 37.8 Å². The molecule has 2 amide bonds. The Hall–Kier alpha value is -2.11. The molecule has 1 aliphatic carbocycles. The standard InChI is InChI=1S/C17H23N3O3/c1-11-7-14(16(21)22)10-20(9-11)17(23)19-15(12-4-5-12)13-3-2-6-18-8-13/h2-3,6,8,11-12,14-15H,4-5,7,9-10H2,1H3,(H,19,23)(H,21,22). The van der Waals surface area contributed by atoms with E-state index in [1.165, 1.54) is 0 Å². The molecule has 1 aromatic rings. The van der Waals surface area contributed by atoms with E-state index in [0.717, 1.165) is 18.4 Å². The molecule has 2 heterocycles. The zero-order valence-corrected chi connectivity index (χ0v) is 13.3. The maximum Gasteiger partial charge on any atom is 0.317 e. The van der Waals surface area contributed by atoms with Crippen LogP contribution in [0.25, 0.3) is 0 Å². The highest BCUT2D eigenvalue weighted by Gasteiger charge is 2.36. The third-order valence-electron chi connectivity index (χ3n) is 4.71. The van der Waals surface area contributed by atoms with Crippen molar-refractivity contribution in [1.82, 2.24) is 15.2 Å². The lowest BCUT2D eigenvalue weighted by Crippen LogP contribution is -2.50. The first kappa shape index (κ1) is 15.8. The summed E-state index contributed by atoms with van der Waals surface area (Å²) in [7, 11) is 0. The summed E-state index contributed by atoms with van der Waals surface area (Å²) < 4.78 is 0. The molecular weight excluding hydrogens is 294 g/mol. The number of urea groups is 1. The number of carbonyl (C=O) groups is 2. The van der Waals surface area contributed by atoms with Gasteiger partial charge in [-0.3, -0.25) is 9.78 Å². The number of carboxylic acids is 1. The van der Waals surface area contributed by atoms with E-state index in [0.29, 0.717) is 18.9 Å². The van der Waals surface area contributed by atoms with Crippen molar-refractivity contribution in [2.45, 2.75) is 32.2 Å². The molecule has 2 N–H and O–H groups in total. The topological polar surface area (TPSA) is 82.5 Å². The molecule has 1 aromatic heterocycles. The minimum absolute atomic E-state index is 0.0308. The molecule has 6 heteroatoms. The second-order valence-electron chi connectivity index (χ2n) is 6.83. The average Bonchev–Trinajstić information content (AvgIpc) is 3.37. The molecule has 2 fully saturated rings. The summed E-state index contributed by atoms with van der Waals surface area (Å²) in [4.78, 5) is 29.7. The largest absolute Gasteiger partial charge is 0.481 e. The van der Waals surface area contributed by atoms with E-state index in [9.17, 15) is 14.7 Å². The van der Waals surface area contributed by atoms with Gasteiger partial charge in [0.25, 0.3) is 0 Å². The van der Waals surface area contributed by atoms with Crippen molar-refractivity contribution in [2.24, 2.45) is 17.8 Å². The number of aromatic nitrogens is 1. The molecule has 0 bridgehead atoms. The van der Waals surface area contributed by atoms with E-state index >= 15 is 0 Å². The Morgan fingerprint density at radius 1 is 1.39 bits per heavy atom. The number of rotatable bonds is 4. The van der Waals surface area contributed by atoms with Gasteiger partial charge in [-0.2, -0.15) is 0 Å². The smallest absolute Gasteiger partial charge is 0.317 e. The lowest BCUT2D eigenvalue weighted by Gasteiger charge is -2.35. The second kappa shape index (κ2) is 6.56. The maximum atomic E-state index is 12.6. The summed E-state index contributed by atoms with van der Waals surface area (Å²) in [6.07, 6.45) is 6.36. The molecule has 0 spiro atoms. The quantitative estimate of drug-likeness (QED) is 0.892. The van der Waals surface area contributed by atoms with E-state index in [4.69, 9.17) is 0 Å². The lowest BCUT2D eigenvalue weighted by molar-refractivity contribution is -0.143. The second-order valence-corrected chi connectivity index (χ2v) is 6.83. The van der Waals surface area contributed by atoms with Crippen LogP contribution < -0.4 is 5.32 Å². The number of pyridine rings is 1. The fraction of sp³-hybridized carbons (Fsp3) is 0.588. The minimum atomic E-state index is -0.819. The van der Waals surface area contributed by atoms with Crippen LogP contribution in [0.5, 0.6) is 0 Å². The normalized spacial score (nSPS) is 25.7. The van der Waals surface area contributed by atoms with Gasteiger partial charge >= 0.3 is 12.0 Å². The first-order valence-electron chi connectivity index (χ1n) is 8.22. The number of amides is 2. The summed E-state index contributed by atoms with van der Waals surface area (Å²) in [5.41, 5.74) is 1.02. The Morgan fingerprint density at radius 3 is 2.78 bits per heavy atom. The van der Waals surface area contributed by atoms with Gasteiger partial charge in [-0.05, 0) is 42.7 Å². The van der Waals surface area contributed by atoms with Crippen LogP contribution in [-0.4, -0.2) is 40.1 Å². The number of carboxylic acid groups (broad SMARTS) is 1. The van der Waals surface area contributed by atoms with Gasteiger partial charge in [0.15, 0.2) is 0 Å². The molecule has 2 aliphatic rings. The van der Waals surface area contributed by atoms with Gasteiger partial charge in [-0.15, -0.1) is 0 Å². The summed E-state index contributed by atoms with van der Waals surface area (Å²) in [6.45, 7) is 2.89. The summed E-state index contributed by atoms with van der Waals surface area (Å²) in [5.74, 6) is -0.628. The van der Waals surface area contributed by atoms with Crippen LogP contribution in [-0.2, 0) is 4.79 Å². The highest BCUT2D eigenvalue weighted by molar-refractivity contribution is 5.77. The highest BCUT2D eigenvalue weighted by atomic mass is 16.4. The molecule has 1 aliphatic heterocycles. The number of nitrogens with one attached hydrogen (secondary N) is 1. The van der Waals surface area contributed by atoms with Crippen LogP contribution in [0.3, 0.4) is 0 Å². The summed E-state index contributed by atoms with van der Waals surface area (Å²) in [6, 6.07) is 3.66. The van der Waals surface area contributed by atoms with Crippen LogP contribution in [0.4, 0.5) is 4.79 Å². The van der Waals surface area contributed by atoms with Crippen molar-refractivity contribution in [3.63, 3.8) is 0 Å². The zero-order valence-electron chi connectivity index (χ0n) is 13.3. The number of nitrogens with zero attached hydrogens (tertiary/aromatic N) is 2. The van der Waals surface area contributed by atoms with Crippen molar-refractivity contribution in [1.29, 1.82) is 0 Å². The predicted octanol–water partition coefficient (Wildman–Crippen LogP) is 2.28. The third kappa shape index (κ3) is 3.81. The number of hydrogen-bond acceptors (Lipinski definition) is 3. The van der Waals surface area contributed by atoms with Crippen molar-refractivity contribution in [2.75, 3.05) is 13.1 Å². The van der Waals surface area contributed by atoms with Crippen molar-refractivity contribution < 1.29 is 14.7 Å². The number of likely N-dealkylation sites (tertiary alicyclic amines) is 1. The molecule has 3 rings (SSSR count). The first-order chi connectivity index (χ1) is 11.0. The van der Waals surface area contributed by atoms with Crippen molar-refractivity contribution >= 4 is 12.0 Å². The van der Waals surface area contributed by atoms with Crippen LogP contribution in [0.15, 0.2) is 24.5 Å². The zero-order chi connectivity index (χ0) is 16.4. The number of hydrogen-bond donors (Lipinski definition) is 2. The van der Waals surface area contributed by atoms with Crippen LogP contribution >= 0.6 is 0 Å². The molecule has 3 unspecified atom stereocenters. The van der Waals surface area contributed by atoms with Gasteiger partial charge in [-0.1, -0.05) is 13.0 Å². The fourth-order valence-electron chi connectivity index (χ4n) is 3.38. The Labute approximate surface area is 135 Å². The minimum Gasteiger partial charge on any atom is -0.481 e. The molecule has 1 saturated carbocycles. The van der Waals surface area contributed by atoms with Crippen LogP contribution in [0.2, 0.25) is 0 Å². The monoisotopic (exact) mass is 317 g/mol. The van der Waals surface area contributed by atoms with E-state index in [1.54, 1.807) is 17.3 Å². The Morgan fingerprint density at radius 2 is 2.17 bits per heavy atom. The lowest BCUT2D eigenvalue weighted by atomic mass is 9.91. The van der Waals surface area contributed by atoms with E-state index in [-0.39, 0.29) is 24.5 Å². The molecular formula is C17H23N3O3. The molecule has 6 nitrogen and oxygen atoms in total. The van der Waals surface area contributed by atoms with Crippen molar-refractivity contribution in [3.8, 4) is 0 Å². The molecule has 0 aromatic carbocycles. The predicted molar refractivity (Wildman–Crippen MR) is 84.7 cm³/mol. The fourth-order valence-corrected chi connectivity index (χ4v) is 3.38. The van der Waals surface area contributed by atoms with E-state index in [2.05, 4.69) is 10.3 Å². The molecule has 1 saturated heterocycles. The van der Waals surface area contributed by atoms with Gasteiger partial charge in [0.05, 0.1) is 12.0 Å². The molecule has 124 valence electrons. The Bertz CT molecular complexity index is 574. The van der Waals surface area contributed by atoms with Gasteiger partial charge in [0.2, 0.25) is 0 Å². The highest BCUT2D eigenvalue weighted by Crippen LogP contribution is 2.41. The average molecular weight is 317 g/mol. The summed E-state index contributed by atoms with van der Waals surface area (Å²) >= 11 is 0. The Kier molecular flexibility index (Phi) is 4.50. The van der Waals surface area contributed by atoms with E-state index in [1.807, 2.05) is 19.1 Å². The van der Waals surface area contributed by atoms with Gasteiger partial charge < -0.3 is 15.3 Å². The first-order valence-corrected chi connectivity index (χ1v) is 8.22. The van der Waals surface area contributed by atoms with Crippen LogP contribution in [0, 0.1) is 17.8 Å². The molecule has 23 heavy (non-hydrogen) atoms. The number of aliphatic carboxylic acids is 1. The van der Waals surface area contributed by atoms with Gasteiger partial charge in [0.1, 0.15) is 0 Å². The van der Waals surface area contributed by atoms with Gasteiger partial charge in [-0.25, -0.2) is 4.79 Å². The SMILES string of the molecule is CC1CC(C(=O)O)CN(C(=O)NC(c2cccnc2)C2CC2)C1. The number of piperidine rings is 1. The maximum absolute atomic E-state index is 12.6. The number of carbonyl (C=O) groups excluding carboxylic acids is 1.